The Morgan fingerprint density at radius 1 is 0.962 bits per heavy atom. The summed E-state index contributed by atoms with van der Waals surface area (Å²) in [5.74, 6) is 0.946. The molecule has 0 aliphatic heterocycles. The van der Waals surface area contributed by atoms with Crippen molar-refractivity contribution in [2.24, 2.45) is 0 Å². The molecule has 0 aliphatic rings. The molecule has 0 atom stereocenters. The van der Waals surface area contributed by atoms with Crippen LogP contribution >= 0.6 is 7.60 Å². The Morgan fingerprint density at radius 3 is 1.81 bits per heavy atom. The molecule has 2 aromatic carbocycles. The molecule has 0 fully saturated rings. The molecule has 0 aromatic heterocycles. The fraction of sp³-hybridized carbons (Fsp3) is 0.300. The fourth-order valence-corrected chi connectivity index (χ4v) is 8.26. The predicted molar refractivity (Wildman–Crippen MR) is 109 cm³/mol. The molecule has 0 unspecified atom stereocenters. The van der Waals surface area contributed by atoms with Crippen LogP contribution in [0, 0.1) is 0 Å². The quantitative estimate of drug-likeness (QED) is 0.430. The van der Waals surface area contributed by atoms with E-state index in [0.29, 0.717) is 13.0 Å². The van der Waals surface area contributed by atoms with Gasteiger partial charge in [0.25, 0.3) is 8.32 Å². The van der Waals surface area contributed by atoms with Gasteiger partial charge in [-0.15, -0.1) is 0 Å². The SMILES string of the molecule is CC(C)(C)[Si](OCC/C=C/P(=O)(O)O)(c1ccccc1)c1ccccc1. The summed E-state index contributed by atoms with van der Waals surface area (Å²) in [6.45, 7) is 7.00. The van der Waals surface area contributed by atoms with Crippen LogP contribution in [0.3, 0.4) is 0 Å². The summed E-state index contributed by atoms with van der Waals surface area (Å²) >= 11 is 0. The molecule has 140 valence electrons. The molecule has 0 heterocycles. The normalized spacial score (nSPS) is 13.3. The minimum atomic E-state index is -4.12. The van der Waals surface area contributed by atoms with E-state index >= 15 is 0 Å². The van der Waals surface area contributed by atoms with Gasteiger partial charge in [0.05, 0.1) is 0 Å². The highest BCUT2D eigenvalue weighted by Gasteiger charge is 2.49. The second-order valence-electron chi connectivity index (χ2n) is 7.27. The van der Waals surface area contributed by atoms with Crippen LogP contribution in [0.2, 0.25) is 5.04 Å². The maximum atomic E-state index is 11.0. The average molecular weight is 390 g/mol. The summed E-state index contributed by atoms with van der Waals surface area (Å²) in [4.78, 5) is 17.9. The minimum absolute atomic E-state index is 0.108. The van der Waals surface area contributed by atoms with Crippen LogP contribution in [0.4, 0.5) is 0 Å². The van der Waals surface area contributed by atoms with E-state index in [4.69, 9.17) is 14.2 Å². The largest absolute Gasteiger partial charge is 0.407 e. The lowest BCUT2D eigenvalue weighted by Gasteiger charge is -2.43. The van der Waals surface area contributed by atoms with Crippen molar-refractivity contribution in [1.82, 2.24) is 0 Å². The van der Waals surface area contributed by atoms with Gasteiger partial charge in [0.2, 0.25) is 0 Å². The first-order chi connectivity index (χ1) is 12.2. The van der Waals surface area contributed by atoms with Crippen molar-refractivity contribution < 1.29 is 18.8 Å². The van der Waals surface area contributed by atoms with Crippen LogP contribution in [-0.4, -0.2) is 24.7 Å². The van der Waals surface area contributed by atoms with Gasteiger partial charge < -0.3 is 14.2 Å². The third kappa shape index (κ3) is 5.03. The zero-order valence-corrected chi connectivity index (χ0v) is 17.4. The number of rotatable bonds is 7. The van der Waals surface area contributed by atoms with Crippen molar-refractivity contribution in [2.45, 2.75) is 32.2 Å². The summed E-state index contributed by atoms with van der Waals surface area (Å²) in [6, 6.07) is 20.6. The number of benzene rings is 2. The molecule has 0 aliphatic carbocycles. The molecule has 0 bridgehead atoms. The van der Waals surface area contributed by atoms with E-state index in [1.54, 1.807) is 0 Å². The average Bonchev–Trinajstić information content (AvgIpc) is 2.57. The van der Waals surface area contributed by atoms with Crippen LogP contribution in [0.25, 0.3) is 0 Å². The van der Waals surface area contributed by atoms with E-state index in [2.05, 4.69) is 45.0 Å². The maximum Gasteiger partial charge on any atom is 0.348 e. The van der Waals surface area contributed by atoms with Crippen molar-refractivity contribution >= 4 is 26.3 Å². The Kier molecular flexibility index (Phi) is 6.78. The van der Waals surface area contributed by atoms with Gasteiger partial charge in [-0.25, -0.2) is 0 Å². The lowest BCUT2D eigenvalue weighted by molar-refractivity contribution is 0.304. The van der Waals surface area contributed by atoms with Gasteiger partial charge in [0.1, 0.15) is 0 Å². The van der Waals surface area contributed by atoms with E-state index in [9.17, 15) is 4.57 Å². The van der Waals surface area contributed by atoms with Crippen molar-refractivity contribution in [3.05, 3.63) is 72.6 Å². The predicted octanol–water partition coefficient (Wildman–Crippen LogP) is 3.64. The van der Waals surface area contributed by atoms with Gasteiger partial charge in [0.15, 0.2) is 0 Å². The molecule has 0 saturated carbocycles. The van der Waals surface area contributed by atoms with E-state index in [1.807, 2.05) is 36.4 Å². The first kappa shape index (κ1) is 20.8. The third-order valence-electron chi connectivity index (χ3n) is 4.32. The molecule has 0 saturated heterocycles. The van der Waals surface area contributed by atoms with E-state index in [0.717, 1.165) is 5.82 Å². The Morgan fingerprint density at radius 2 is 1.42 bits per heavy atom. The van der Waals surface area contributed by atoms with Gasteiger partial charge in [-0.05, 0) is 21.8 Å². The molecule has 0 spiro atoms. The van der Waals surface area contributed by atoms with E-state index < -0.39 is 15.9 Å². The molecule has 4 nitrogen and oxygen atoms in total. The Bertz CT molecular complexity index is 724. The van der Waals surface area contributed by atoms with Crippen molar-refractivity contribution in [3.63, 3.8) is 0 Å². The molecule has 6 heteroatoms. The Balaban J connectivity index is 2.41. The maximum absolute atomic E-state index is 11.0. The summed E-state index contributed by atoms with van der Waals surface area (Å²) in [6.07, 6.45) is 1.95. The van der Waals surface area contributed by atoms with Gasteiger partial charge in [-0.1, -0.05) is 87.5 Å². The first-order valence-electron chi connectivity index (χ1n) is 8.65. The summed E-state index contributed by atoms with van der Waals surface area (Å²) < 4.78 is 17.6. The standard InChI is InChI=1S/C20H27O4PSi/c1-20(2,3)26(18-12-6-4-7-13-18,19-14-8-5-9-15-19)24-16-10-11-17-25(21,22)23/h4-9,11-15,17H,10,16H2,1-3H3,(H2,21,22,23)/b17-11+. The fourth-order valence-electron chi connectivity index (χ4n) is 3.25. The monoisotopic (exact) mass is 390 g/mol. The van der Waals surface area contributed by atoms with Gasteiger partial charge >= 0.3 is 7.60 Å². The Hall–Kier alpha value is -1.49. The van der Waals surface area contributed by atoms with Gasteiger partial charge in [-0.3, -0.25) is 4.57 Å². The first-order valence-corrected chi connectivity index (χ1v) is 12.2. The lowest BCUT2D eigenvalue weighted by atomic mass is 10.2. The van der Waals surface area contributed by atoms with Crippen LogP contribution in [0.1, 0.15) is 27.2 Å². The molecule has 2 aromatic rings. The zero-order chi connectivity index (χ0) is 19.3. The minimum Gasteiger partial charge on any atom is -0.407 e. The van der Waals surface area contributed by atoms with Crippen LogP contribution in [0.5, 0.6) is 0 Å². The van der Waals surface area contributed by atoms with Crippen molar-refractivity contribution in [1.29, 1.82) is 0 Å². The van der Waals surface area contributed by atoms with Crippen LogP contribution in [0.15, 0.2) is 72.6 Å². The Labute approximate surface area is 156 Å². The van der Waals surface area contributed by atoms with E-state index in [-0.39, 0.29) is 5.04 Å². The summed E-state index contributed by atoms with van der Waals surface area (Å²) in [7, 11) is -6.69. The lowest BCUT2D eigenvalue weighted by Crippen LogP contribution is -2.66. The number of hydrogen-bond acceptors (Lipinski definition) is 2. The molecular formula is C20H27O4PSi. The highest BCUT2D eigenvalue weighted by atomic mass is 31.2. The highest BCUT2D eigenvalue weighted by molar-refractivity contribution is 7.55. The van der Waals surface area contributed by atoms with Gasteiger partial charge in [-0.2, -0.15) is 0 Å². The number of hydrogen-bond donors (Lipinski definition) is 2. The van der Waals surface area contributed by atoms with Gasteiger partial charge in [0, 0.05) is 12.4 Å². The molecule has 26 heavy (non-hydrogen) atoms. The molecule has 0 amide bonds. The van der Waals surface area contributed by atoms with Crippen molar-refractivity contribution in [2.75, 3.05) is 6.61 Å². The second-order valence-corrected chi connectivity index (χ2v) is 13.1. The van der Waals surface area contributed by atoms with E-state index in [1.165, 1.54) is 16.4 Å². The second kappa shape index (κ2) is 8.46. The third-order valence-corrected chi connectivity index (χ3v) is 9.96. The smallest absolute Gasteiger partial charge is 0.348 e. The van der Waals surface area contributed by atoms with Crippen LogP contribution in [-0.2, 0) is 8.99 Å². The molecular weight excluding hydrogens is 363 g/mol. The summed E-state index contributed by atoms with van der Waals surface area (Å²) in [5, 5.41) is 2.28. The highest BCUT2D eigenvalue weighted by Crippen LogP contribution is 2.37. The zero-order valence-electron chi connectivity index (χ0n) is 15.5. The van der Waals surface area contributed by atoms with Crippen LogP contribution < -0.4 is 10.4 Å². The van der Waals surface area contributed by atoms with Crippen molar-refractivity contribution in [3.8, 4) is 0 Å². The topological polar surface area (TPSA) is 66.8 Å². The molecule has 2 N–H and O–H groups in total. The molecule has 0 radical (unpaired) electrons. The summed E-state index contributed by atoms with van der Waals surface area (Å²) in [5.41, 5.74) is 0. The molecule has 2 rings (SSSR count).